The molecule has 3 heteroatoms. The molecule has 0 N–H and O–H groups in total. The Hall–Kier alpha value is -7.62. The van der Waals surface area contributed by atoms with Crippen LogP contribution in [0.15, 0.2) is 212 Å². The maximum absolute atomic E-state index is 2.42. The first-order valence-electron chi connectivity index (χ1n) is 20.3. The lowest BCUT2D eigenvalue weighted by Crippen LogP contribution is -2.09. The van der Waals surface area contributed by atoms with E-state index in [0.29, 0.717) is 0 Å². The molecule has 0 saturated carbocycles. The smallest absolute Gasteiger partial charge is 0.0541 e. The number of nitrogens with zero attached hydrogens (tertiary/aromatic N) is 3. The van der Waals surface area contributed by atoms with E-state index in [1.807, 2.05) is 0 Å². The Labute approximate surface area is 344 Å². The Morgan fingerprint density at radius 1 is 0.288 bits per heavy atom. The third kappa shape index (κ3) is 5.98. The molecule has 0 fully saturated rings. The van der Waals surface area contributed by atoms with Crippen LogP contribution in [-0.4, -0.2) is 9.13 Å². The second-order valence-corrected chi connectivity index (χ2v) is 15.6. The standard InChI is InChI=1S/C56H41N3/c1-38-32-39(2)34-48(33-38)59-53-21-13-12-20-49(53)50-36-42(25-30-54(50)59)43-26-31-56-52(37-43)51-35-41(24-29-55(51)58(56)46-18-10-5-11-19-46)40-22-27-47(28-23-40)57(44-14-6-3-7-15-44)45-16-8-4-9-17-45/h3-37H,1-2H3. The zero-order chi connectivity index (χ0) is 39.5. The Bertz CT molecular complexity index is 3260. The quantitative estimate of drug-likeness (QED) is 0.158. The zero-order valence-electron chi connectivity index (χ0n) is 33.0. The Kier molecular flexibility index (Phi) is 8.27. The topological polar surface area (TPSA) is 13.1 Å². The molecule has 0 saturated heterocycles. The van der Waals surface area contributed by atoms with E-state index in [4.69, 9.17) is 0 Å². The average Bonchev–Trinajstić information content (AvgIpc) is 3.79. The van der Waals surface area contributed by atoms with Crippen LogP contribution >= 0.6 is 0 Å². The van der Waals surface area contributed by atoms with Crippen LogP contribution in [0.5, 0.6) is 0 Å². The molecule has 59 heavy (non-hydrogen) atoms. The summed E-state index contributed by atoms with van der Waals surface area (Å²) in [5, 5.41) is 4.98. The van der Waals surface area contributed by atoms with Gasteiger partial charge >= 0.3 is 0 Å². The van der Waals surface area contributed by atoms with Gasteiger partial charge < -0.3 is 14.0 Å². The minimum absolute atomic E-state index is 1.12. The van der Waals surface area contributed by atoms with E-state index in [2.05, 4.69) is 240 Å². The van der Waals surface area contributed by atoms with E-state index in [1.54, 1.807) is 0 Å². The molecular weight excluding hydrogens is 715 g/mol. The highest BCUT2D eigenvalue weighted by atomic mass is 15.1. The third-order valence-corrected chi connectivity index (χ3v) is 11.7. The van der Waals surface area contributed by atoms with E-state index < -0.39 is 0 Å². The normalized spacial score (nSPS) is 11.6. The molecule has 11 rings (SSSR count). The molecule has 0 spiro atoms. The molecule has 0 amide bonds. The predicted molar refractivity (Wildman–Crippen MR) is 250 cm³/mol. The van der Waals surface area contributed by atoms with Crippen molar-refractivity contribution in [3.8, 4) is 33.6 Å². The van der Waals surface area contributed by atoms with Gasteiger partial charge in [0, 0.05) is 50.0 Å². The van der Waals surface area contributed by atoms with Gasteiger partial charge in [-0.2, -0.15) is 0 Å². The minimum Gasteiger partial charge on any atom is -0.311 e. The summed E-state index contributed by atoms with van der Waals surface area (Å²) in [6.07, 6.45) is 0. The monoisotopic (exact) mass is 755 g/mol. The van der Waals surface area contributed by atoms with Crippen LogP contribution in [0.2, 0.25) is 0 Å². The van der Waals surface area contributed by atoms with Crippen molar-refractivity contribution in [2.45, 2.75) is 13.8 Å². The van der Waals surface area contributed by atoms with Crippen LogP contribution in [0.4, 0.5) is 17.1 Å². The largest absolute Gasteiger partial charge is 0.311 e. The van der Waals surface area contributed by atoms with Gasteiger partial charge in [0.15, 0.2) is 0 Å². The maximum Gasteiger partial charge on any atom is 0.0541 e. The zero-order valence-corrected chi connectivity index (χ0v) is 33.0. The van der Waals surface area contributed by atoms with Crippen LogP contribution < -0.4 is 4.90 Å². The fourth-order valence-electron chi connectivity index (χ4n) is 9.15. The fraction of sp³-hybridized carbons (Fsp3) is 0.0357. The van der Waals surface area contributed by atoms with Crippen molar-refractivity contribution in [3.05, 3.63) is 223 Å². The highest BCUT2D eigenvalue weighted by Crippen LogP contribution is 2.41. The van der Waals surface area contributed by atoms with Crippen LogP contribution in [0.3, 0.4) is 0 Å². The van der Waals surface area contributed by atoms with Gasteiger partial charge in [0.25, 0.3) is 0 Å². The summed E-state index contributed by atoms with van der Waals surface area (Å²) in [4.78, 5) is 2.31. The van der Waals surface area contributed by atoms with E-state index >= 15 is 0 Å². The highest BCUT2D eigenvalue weighted by molar-refractivity contribution is 6.13. The first-order valence-corrected chi connectivity index (χ1v) is 20.3. The van der Waals surface area contributed by atoms with Gasteiger partial charge in [-0.15, -0.1) is 0 Å². The average molecular weight is 756 g/mol. The summed E-state index contributed by atoms with van der Waals surface area (Å²) in [5.74, 6) is 0. The van der Waals surface area contributed by atoms with Gasteiger partial charge in [-0.3, -0.25) is 0 Å². The Morgan fingerprint density at radius 3 is 1.22 bits per heavy atom. The molecule has 0 radical (unpaired) electrons. The molecule has 0 unspecified atom stereocenters. The lowest BCUT2D eigenvalue weighted by Gasteiger charge is -2.25. The van der Waals surface area contributed by atoms with Crippen molar-refractivity contribution in [2.75, 3.05) is 4.90 Å². The van der Waals surface area contributed by atoms with E-state index in [9.17, 15) is 0 Å². The molecule has 280 valence electrons. The molecule has 2 heterocycles. The van der Waals surface area contributed by atoms with E-state index in [1.165, 1.54) is 82.7 Å². The summed E-state index contributed by atoms with van der Waals surface area (Å²) in [6.45, 7) is 4.36. The molecule has 2 aromatic heterocycles. The third-order valence-electron chi connectivity index (χ3n) is 11.7. The lowest BCUT2D eigenvalue weighted by atomic mass is 9.99. The first-order chi connectivity index (χ1) is 29.1. The molecule has 0 aliphatic rings. The Balaban J connectivity index is 1.05. The van der Waals surface area contributed by atoms with E-state index in [-0.39, 0.29) is 0 Å². The molecule has 0 bridgehead atoms. The summed E-state index contributed by atoms with van der Waals surface area (Å²) >= 11 is 0. The van der Waals surface area contributed by atoms with Crippen LogP contribution in [-0.2, 0) is 0 Å². The molecule has 0 aliphatic carbocycles. The number of aromatic nitrogens is 2. The van der Waals surface area contributed by atoms with Crippen molar-refractivity contribution in [3.63, 3.8) is 0 Å². The number of para-hydroxylation sites is 4. The number of anilines is 3. The van der Waals surface area contributed by atoms with Gasteiger partial charge in [-0.25, -0.2) is 0 Å². The summed E-state index contributed by atoms with van der Waals surface area (Å²) in [6, 6.07) is 77.3. The first kappa shape index (κ1) is 34.6. The van der Waals surface area contributed by atoms with Crippen LogP contribution in [0.1, 0.15) is 11.1 Å². The van der Waals surface area contributed by atoms with Crippen molar-refractivity contribution >= 4 is 60.7 Å². The molecule has 0 atom stereocenters. The van der Waals surface area contributed by atoms with Crippen molar-refractivity contribution in [2.24, 2.45) is 0 Å². The lowest BCUT2D eigenvalue weighted by molar-refractivity contribution is 1.16. The fourth-order valence-corrected chi connectivity index (χ4v) is 9.15. The van der Waals surface area contributed by atoms with Crippen molar-refractivity contribution in [1.29, 1.82) is 0 Å². The molecule has 0 aliphatic heterocycles. The van der Waals surface area contributed by atoms with E-state index in [0.717, 1.165) is 22.7 Å². The number of aryl methyl sites for hydroxylation is 2. The van der Waals surface area contributed by atoms with Gasteiger partial charge in [-0.1, -0.05) is 109 Å². The summed E-state index contributed by atoms with van der Waals surface area (Å²) < 4.78 is 4.82. The van der Waals surface area contributed by atoms with Crippen molar-refractivity contribution in [1.82, 2.24) is 9.13 Å². The second-order valence-electron chi connectivity index (χ2n) is 15.6. The van der Waals surface area contributed by atoms with Crippen LogP contribution in [0.25, 0.3) is 77.2 Å². The summed E-state index contributed by atoms with van der Waals surface area (Å²) in [7, 11) is 0. The molecular formula is C56H41N3. The van der Waals surface area contributed by atoms with Gasteiger partial charge in [0.1, 0.15) is 0 Å². The van der Waals surface area contributed by atoms with Crippen molar-refractivity contribution < 1.29 is 0 Å². The highest BCUT2D eigenvalue weighted by Gasteiger charge is 2.18. The molecule has 3 nitrogen and oxygen atoms in total. The number of hydrogen-bond donors (Lipinski definition) is 0. The SMILES string of the molecule is Cc1cc(C)cc(-n2c3ccccc3c3cc(-c4ccc5c(c4)c4cc(-c6ccc(N(c7ccccc7)c7ccccc7)cc6)ccc4n5-c4ccccc4)ccc32)c1. The van der Waals surface area contributed by atoms with Gasteiger partial charge in [-0.05, 0) is 150 Å². The Morgan fingerprint density at radius 2 is 0.678 bits per heavy atom. The predicted octanol–water partition coefficient (Wildman–Crippen LogP) is 15.3. The second kappa shape index (κ2) is 14.1. The van der Waals surface area contributed by atoms with Crippen LogP contribution in [0, 0.1) is 13.8 Å². The molecule has 11 aromatic rings. The number of rotatable bonds is 7. The van der Waals surface area contributed by atoms with Gasteiger partial charge in [0.05, 0.1) is 22.1 Å². The number of benzene rings is 9. The molecule has 9 aromatic carbocycles. The minimum atomic E-state index is 1.12. The summed E-state index contributed by atoms with van der Waals surface area (Å²) in [5.41, 5.74) is 17.9. The maximum atomic E-state index is 2.42. The number of fused-ring (bicyclic) bond motifs is 6. The van der Waals surface area contributed by atoms with Gasteiger partial charge in [0.2, 0.25) is 0 Å². The number of hydrogen-bond acceptors (Lipinski definition) is 1.